The van der Waals surface area contributed by atoms with Crippen molar-refractivity contribution in [3.8, 4) is 0 Å². The number of benzene rings is 1. The molecule has 1 heterocycles. The molecule has 0 radical (unpaired) electrons. The van der Waals surface area contributed by atoms with Crippen LogP contribution < -0.4 is 5.32 Å². The number of nitrogens with zero attached hydrogens (tertiary/aromatic N) is 2. The maximum Gasteiger partial charge on any atom is 0.244 e. The lowest BCUT2D eigenvalue weighted by Gasteiger charge is -2.29. The van der Waals surface area contributed by atoms with Crippen LogP contribution in [0.1, 0.15) is 41.0 Å². The molecule has 2 amide bonds. The largest absolute Gasteiger partial charge is 0.391 e. The Kier molecular flexibility index (Phi) is 9.15. The van der Waals surface area contributed by atoms with Crippen molar-refractivity contribution >= 4 is 33.6 Å². The number of nitrogens with one attached hydrogen (secondary N) is 1. The summed E-state index contributed by atoms with van der Waals surface area (Å²) in [7, 11) is -3.81. The molecular formula is C22H35N3O5S2. The Bertz CT molecular complexity index is 885. The van der Waals surface area contributed by atoms with E-state index < -0.39 is 27.7 Å². The predicted octanol–water partition coefficient (Wildman–Crippen LogP) is 1.90. The second kappa shape index (κ2) is 11.0. The molecule has 1 saturated heterocycles. The van der Waals surface area contributed by atoms with Crippen LogP contribution in [0.15, 0.2) is 35.2 Å². The molecule has 10 heteroatoms. The van der Waals surface area contributed by atoms with Gasteiger partial charge < -0.3 is 15.3 Å². The smallest absolute Gasteiger partial charge is 0.244 e. The maximum absolute atomic E-state index is 13.1. The quantitative estimate of drug-likeness (QED) is 0.553. The van der Waals surface area contributed by atoms with Gasteiger partial charge in [0.05, 0.1) is 23.3 Å². The van der Waals surface area contributed by atoms with Gasteiger partial charge in [0, 0.05) is 24.4 Å². The highest BCUT2D eigenvalue weighted by Crippen LogP contribution is 2.24. The first-order valence-corrected chi connectivity index (χ1v) is 13.3. The average molecular weight is 486 g/mol. The number of amides is 2. The molecule has 2 N–H and O–H groups in total. The molecule has 1 aromatic carbocycles. The minimum absolute atomic E-state index is 0.0387. The fraction of sp³-hybridized carbons (Fsp3) is 0.636. The van der Waals surface area contributed by atoms with Crippen LogP contribution in [0.2, 0.25) is 0 Å². The highest BCUT2D eigenvalue weighted by Gasteiger charge is 2.37. The molecule has 1 aliphatic heterocycles. The van der Waals surface area contributed by atoms with Crippen molar-refractivity contribution in [3.05, 3.63) is 30.3 Å². The van der Waals surface area contributed by atoms with Crippen molar-refractivity contribution in [2.75, 3.05) is 24.7 Å². The Morgan fingerprint density at radius 1 is 1.22 bits per heavy atom. The Balaban J connectivity index is 2.08. The van der Waals surface area contributed by atoms with Crippen LogP contribution in [0.5, 0.6) is 0 Å². The topological polar surface area (TPSA) is 107 Å². The molecule has 2 atom stereocenters. The van der Waals surface area contributed by atoms with E-state index in [4.69, 9.17) is 0 Å². The lowest BCUT2D eigenvalue weighted by atomic mass is 10.1. The van der Waals surface area contributed by atoms with Gasteiger partial charge >= 0.3 is 0 Å². The summed E-state index contributed by atoms with van der Waals surface area (Å²) in [4.78, 5) is 27.1. The summed E-state index contributed by atoms with van der Waals surface area (Å²) in [5, 5.41) is 13.5. The summed E-state index contributed by atoms with van der Waals surface area (Å²) in [5.41, 5.74) is -0.415. The summed E-state index contributed by atoms with van der Waals surface area (Å²) in [6.45, 7) is 9.44. The highest BCUT2D eigenvalue weighted by molar-refractivity contribution is 7.99. The van der Waals surface area contributed by atoms with Crippen LogP contribution >= 0.6 is 11.8 Å². The van der Waals surface area contributed by atoms with Crippen molar-refractivity contribution in [2.45, 2.75) is 63.6 Å². The molecule has 0 aliphatic carbocycles. The molecule has 0 aromatic heterocycles. The SMILES string of the molecule is CC(C)CN(CC(O)CC(=O)N1CSC[C@@H]1C(=O)NC(C)(C)C)S(=O)(=O)c1ccccc1. The van der Waals surface area contributed by atoms with E-state index in [0.29, 0.717) is 11.6 Å². The molecule has 0 saturated carbocycles. The Morgan fingerprint density at radius 3 is 2.41 bits per heavy atom. The third-order valence-electron chi connectivity index (χ3n) is 4.78. The predicted molar refractivity (Wildman–Crippen MR) is 127 cm³/mol. The normalized spacial score (nSPS) is 18.2. The van der Waals surface area contributed by atoms with E-state index in [1.54, 1.807) is 18.2 Å². The van der Waals surface area contributed by atoms with Gasteiger partial charge in [0.25, 0.3) is 0 Å². The molecule has 2 rings (SSSR count). The molecule has 1 fully saturated rings. The molecule has 1 aromatic rings. The summed E-state index contributed by atoms with van der Waals surface area (Å²) in [5.74, 6) is 0.311. The lowest BCUT2D eigenvalue weighted by molar-refractivity contribution is -0.140. The average Bonchev–Trinajstić information content (AvgIpc) is 3.16. The molecule has 0 spiro atoms. The fourth-order valence-corrected chi connectivity index (χ4v) is 6.24. The van der Waals surface area contributed by atoms with E-state index in [1.807, 2.05) is 34.6 Å². The molecule has 0 bridgehead atoms. The van der Waals surface area contributed by atoms with Crippen LogP contribution in [-0.4, -0.2) is 76.9 Å². The summed E-state index contributed by atoms with van der Waals surface area (Å²) in [6.07, 6.45) is -1.43. The van der Waals surface area contributed by atoms with Gasteiger partial charge in [0.15, 0.2) is 0 Å². The van der Waals surface area contributed by atoms with Gasteiger partial charge in [-0.1, -0.05) is 32.0 Å². The van der Waals surface area contributed by atoms with E-state index in [-0.39, 0.29) is 42.1 Å². The third-order valence-corrected chi connectivity index (χ3v) is 7.64. The molecule has 1 unspecified atom stereocenters. The number of thioether (sulfide) groups is 1. The van der Waals surface area contributed by atoms with Gasteiger partial charge in [-0.3, -0.25) is 9.59 Å². The standard InChI is InChI=1S/C22H35N3O5S2/c1-16(2)12-24(32(29,30)18-9-7-6-8-10-18)13-17(26)11-20(27)25-15-31-14-19(25)21(28)23-22(3,4)5/h6-10,16-17,19,26H,11-15H2,1-5H3,(H,23,28)/t17?,19-/m1/s1. The summed E-state index contributed by atoms with van der Waals surface area (Å²) < 4.78 is 27.4. The second-order valence-electron chi connectivity index (χ2n) is 9.51. The van der Waals surface area contributed by atoms with E-state index >= 15 is 0 Å². The zero-order chi connectivity index (χ0) is 24.1. The van der Waals surface area contributed by atoms with E-state index in [2.05, 4.69) is 5.32 Å². The number of aliphatic hydroxyl groups excluding tert-OH is 1. The first-order chi connectivity index (χ1) is 14.8. The minimum atomic E-state index is -3.81. The minimum Gasteiger partial charge on any atom is -0.391 e. The van der Waals surface area contributed by atoms with Crippen molar-refractivity contribution in [3.63, 3.8) is 0 Å². The number of carbonyl (C=O) groups excluding carboxylic acids is 2. The van der Waals surface area contributed by atoms with Crippen LogP contribution in [0.4, 0.5) is 0 Å². The number of sulfonamides is 1. The van der Waals surface area contributed by atoms with Gasteiger partial charge in [0.2, 0.25) is 21.8 Å². The molecule has 1 aliphatic rings. The van der Waals surface area contributed by atoms with Gasteiger partial charge in [-0.15, -0.1) is 11.8 Å². The van der Waals surface area contributed by atoms with E-state index in [9.17, 15) is 23.1 Å². The number of rotatable bonds is 9. The van der Waals surface area contributed by atoms with Crippen LogP contribution in [0, 0.1) is 5.92 Å². The zero-order valence-corrected chi connectivity index (χ0v) is 21.1. The summed E-state index contributed by atoms with van der Waals surface area (Å²) in [6, 6.07) is 7.46. The fourth-order valence-electron chi connectivity index (χ4n) is 3.40. The monoisotopic (exact) mass is 485 g/mol. The van der Waals surface area contributed by atoms with Gasteiger partial charge in [-0.25, -0.2) is 8.42 Å². The van der Waals surface area contributed by atoms with Gasteiger partial charge in [-0.2, -0.15) is 4.31 Å². The zero-order valence-electron chi connectivity index (χ0n) is 19.4. The Morgan fingerprint density at radius 2 is 1.84 bits per heavy atom. The van der Waals surface area contributed by atoms with E-state index in [1.165, 1.54) is 33.1 Å². The second-order valence-corrected chi connectivity index (χ2v) is 12.4. The van der Waals surface area contributed by atoms with E-state index in [0.717, 1.165) is 0 Å². The number of hydrogen-bond donors (Lipinski definition) is 2. The first-order valence-electron chi connectivity index (χ1n) is 10.7. The molecular weight excluding hydrogens is 450 g/mol. The number of carbonyl (C=O) groups is 2. The van der Waals surface area contributed by atoms with Crippen molar-refractivity contribution in [1.29, 1.82) is 0 Å². The summed E-state index contributed by atoms with van der Waals surface area (Å²) >= 11 is 1.48. The van der Waals surface area contributed by atoms with Gasteiger partial charge in [0.1, 0.15) is 6.04 Å². The number of aliphatic hydroxyl groups is 1. The van der Waals surface area contributed by atoms with Crippen LogP contribution in [-0.2, 0) is 19.6 Å². The van der Waals surface area contributed by atoms with Crippen molar-refractivity contribution < 1.29 is 23.1 Å². The Labute approximate surface area is 195 Å². The molecule has 32 heavy (non-hydrogen) atoms. The third kappa shape index (κ3) is 7.47. The lowest BCUT2D eigenvalue weighted by Crippen LogP contribution is -2.53. The maximum atomic E-state index is 13.1. The van der Waals surface area contributed by atoms with Crippen molar-refractivity contribution in [2.24, 2.45) is 5.92 Å². The molecule has 8 nitrogen and oxygen atoms in total. The van der Waals surface area contributed by atoms with Gasteiger partial charge in [-0.05, 0) is 38.8 Å². The number of hydrogen-bond acceptors (Lipinski definition) is 6. The Hall–Kier alpha value is -1.62. The van der Waals surface area contributed by atoms with Crippen molar-refractivity contribution in [1.82, 2.24) is 14.5 Å². The van der Waals surface area contributed by atoms with Crippen LogP contribution in [0.3, 0.4) is 0 Å². The molecule has 180 valence electrons. The van der Waals surface area contributed by atoms with Crippen LogP contribution in [0.25, 0.3) is 0 Å². The first kappa shape index (κ1) is 26.6. The highest BCUT2D eigenvalue weighted by atomic mass is 32.2.